The maximum atomic E-state index is 10.9. The van der Waals surface area contributed by atoms with Crippen LogP contribution < -0.4 is 4.74 Å². The smallest absolute Gasteiger partial charge is 0.374 e. The number of aromatic nitrogens is 1. The lowest BCUT2D eigenvalue weighted by Crippen LogP contribution is -2.22. The summed E-state index contributed by atoms with van der Waals surface area (Å²) in [4.78, 5) is 10.9. The molecule has 110 valence electrons. The van der Waals surface area contributed by atoms with Gasteiger partial charge >= 0.3 is 5.97 Å². The number of hydrogen-bond acceptors (Lipinski definition) is 5. The van der Waals surface area contributed by atoms with Gasteiger partial charge in [-0.25, -0.2) is 4.79 Å². The Kier molecular flexibility index (Phi) is 4.15. The molecule has 6 heteroatoms. The molecule has 0 radical (unpaired) electrons. The third-order valence-corrected chi connectivity index (χ3v) is 4.39. The maximum absolute atomic E-state index is 10.9. The molecule has 1 aromatic heterocycles. The summed E-state index contributed by atoms with van der Waals surface area (Å²) in [7, 11) is 0. The van der Waals surface area contributed by atoms with Crippen molar-refractivity contribution in [3.63, 3.8) is 0 Å². The molecule has 0 bridgehead atoms. The van der Waals surface area contributed by atoms with Crippen molar-refractivity contribution in [2.75, 3.05) is 11.5 Å². The summed E-state index contributed by atoms with van der Waals surface area (Å²) < 4.78 is 10.9. The molecule has 1 aromatic carbocycles. The van der Waals surface area contributed by atoms with Crippen molar-refractivity contribution in [3.05, 3.63) is 36.1 Å². The molecule has 3 rings (SSSR count). The predicted molar refractivity (Wildman–Crippen MR) is 79.9 cm³/mol. The summed E-state index contributed by atoms with van der Waals surface area (Å²) in [5, 5.41) is 12.7. The van der Waals surface area contributed by atoms with E-state index in [-0.39, 0.29) is 11.9 Å². The Morgan fingerprint density at radius 2 is 2.10 bits per heavy atom. The largest absolute Gasteiger partial charge is 0.490 e. The van der Waals surface area contributed by atoms with Crippen molar-refractivity contribution in [3.8, 4) is 17.0 Å². The van der Waals surface area contributed by atoms with E-state index in [1.54, 1.807) is 0 Å². The van der Waals surface area contributed by atoms with Crippen LogP contribution >= 0.6 is 11.8 Å². The third-order valence-electron chi connectivity index (χ3n) is 3.35. The summed E-state index contributed by atoms with van der Waals surface area (Å²) in [5.41, 5.74) is 1.24. The molecule has 1 N–H and O–H groups in total. The van der Waals surface area contributed by atoms with Crippen LogP contribution in [-0.4, -0.2) is 33.8 Å². The van der Waals surface area contributed by atoms with Gasteiger partial charge in [0.15, 0.2) is 0 Å². The highest BCUT2D eigenvalue weighted by molar-refractivity contribution is 7.99. The van der Waals surface area contributed by atoms with Gasteiger partial charge in [-0.15, -0.1) is 0 Å². The number of carbonyl (C=O) groups is 1. The number of para-hydroxylation sites is 1. The second-order valence-electron chi connectivity index (χ2n) is 4.81. The van der Waals surface area contributed by atoms with Crippen molar-refractivity contribution < 1.29 is 19.2 Å². The summed E-state index contributed by atoms with van der Waals surface area (Å²) in [6, 6.07) is 8.92. The Balaban J connectivity index is 1.85. The van der Waals surface area contributed by atoms with E-state index in [9.17, 15) is 4.79 Å². The molecule has 2 aromatic rings. The Morgan fingerprint density at radius 1 is 1.33 bits per heavy atom. The first-order valence-corrected chi connectivity index (χ1v) is 7.93. The first kappa shape index (κ1) is 14.0. The molecule has 1 aliphatic rings. The van der Waals surface area contributed by atoms with E-state index in [1.165, 1.54) is 6.07 Å². The van der Waals surface area contributed by atoms with Crippen LogP contribution in [0, 0.1) is 0 Å². The molecule has 2 heterocycles. The van der Waals surface area contributed by atoms with Gasteiger partial charge in [0.1, 0.15) is 17.5 Å². The Hall–Kier alpha value is -1.95. The first-order valence-electron chi connectivity index (χ1n) is 6.78. The molecule has 21 heavy (non-hydrogen) atoms. The molecule has 1 saturated heterocycles. The first-order chi connectivity index (χ1) is 10.2. The lowest BCUT2D eigenvalue weighted by atomic mass is 10.1. The van der Waals surface area contributed by atoms with Crippen LogP contribution in [0.2, 0.25) is 0 Å². The molecule has 1 fully saturated rings. The van der Waals surface area contributed by atoms with E-state index in [4.69, 9.17) is 14.4 Å². The fourth-order valence-corrected chi connectivity index (χ4v) is 3.32. The Morgan fingerprint density at radius 3 is 2.81 bits per heavy atom. The zero-order chi connectivity index (χ0) is 14.7. The maximum Gasteiger partial charge on any atom is 0.374 e. The van der Waals surface area contributed by atoms with Gasteiger partial charge in [0.2, 0.25) is 5.76 Å². The van der Waals surface area contributed by atoms with Gasteiger partial charge in [0.05, 0.1) is 0 Å². The summed E-state index contributed by atoms with van der Waals surface area (Å²) in [6.45, 7) is 0. The van der Waals surface area contributed by atoms with Crippen molar-refractivity contribution in [1.29, 1.82) is 0 Å². The van der Waals surface area contributed by atoms with Crippen molar-refractivity contribution in [2.45, 2.75) is 18.9 Å². The molecule has 0 amide bonds. The molecule has 0 spiro atoms. The zero-order valence-electron chi connectivity index (χ0n) is 11.3. The molecule has 0 atom stereocenters. The third kappa shape index (κ3) is 3.21. The van der Waals surface area contributed by atoms with Gasteiger partial charge in [-0.05, 0) is 36.5 Å². The van der Waals surface area contributed by atoms with E-state index >= 15 is 0 Å². The highest BCUT2D eigenvalue weighted by atomic mass is 32.2. The van der Waals surface area contributed by atoms with Gasteiger partial charge in [-0.2, -0.15) is 11.8 Å². The fraction of sp³-hybridized carbons (Fsp3) is 0.333. The van der Waals surface area contributed by atoms with Gasteiger partial charge < -0.3 is 14.4 Å². The average molecular weight is 305 g/mol. The highest BCUT2D eigenvalue weighted by Gasteiger charge is 2.19. The molecule has 0 unspecified atom stereocenters. The van der Waals surface area contributed by atoms with Gasteiger partial charge in [-0.3, -0.25) is 0 Å². The molecule has 0 aliphatic carbocycles. The topological polar surface area (TPSA) is 72.6 Å². The van der Waals surface area contributed by atoms with Crippen LogP contribution in [0.4, 0.5) is 0 Å². The van der Waals surface area contributed by atoms with Crippen LogP contribution in [-0.2, 0) is 0 Å². The van der Waals surface area contributed by atoms with E-state index in [0.29, 0.717) is 5.69 Å². The molecule has 5 nitrogen and oxygen atoms in total. The fourth-order valence-electron chi connectivity index (χ4n) is 2.26. The minimum atomic E-state index is -1.13. The number of rotatable bonds is 4. The number of benzene rings is 1. The van der Waals surface area contributed by atoms with Crippen molar-refractivity contribution >= 4 is 17.7 Å². The number of thioether (sulfide) groups is 1. The number of hydrogen-bond donors (Lipinski definition) is 1. The van der Waals surface area contributed by atoms with Gasteiger partial charge in [-0.1, -0.05) is 17.3 Å². The normalized spacial score (nSPS) is 15.8. The second-order valence-corrected chi connectivity index (χ2v) is 6.03. The monoisotopic (exact) mass is 305 g/mol. The molecule has 0 saturated carbocycles. The lowest BCUT2D eigenvalue weighted by Gasteiger charge is -2.23. The molecule has 1 aliphatic heterocycles. The number of aromatic carboxylic acids is 1. The second kappa shape index (κ2) is 6.22. The Labute approximate surface area is 126 Å². The van der Waals surface area contributed by atoms with Crippen LogP contribution in [0.3, 0.4) is 0 Å². The summed E-state index contributed by atoms with van der Waals surface area (Å²) in [5.74, 6) is 1.64. The molecular formula is C15H15NO4S. The van der Waals surface area contributed by atoms with E-state index in [0.717, 1.165) is 35.7 Å². The van der Waals surface area contributed by atoms with E-state index < -0.39 is 5.97 Å². The summed E-state index contributed by atoms with van der Waals surface area (Å²) >= 11 is 1.94. The van der Waals surface area contributed by atoms with Crippen LogP contribution in [0.1, 0.15) is 23.4 Å². The predicted octanol–water partition coefficient (Wildman–Crippen LogP) is 3.31. The average Bonchev–Trinajstić information content (AvgIpc) is 2.99. The van der Waals surface area contributed by atoms with E-state index in [1.807, 2.05) is 36.0 Å². The SMILES string of the molecule is O=C(O)c1cc(-c2ccccc2OC2CCSCC2)no1. The van der Waals surface area contributed by atoms with Gasteiger partial charge in [0, 0.05) is 11.6 Å². The highest BCUT2D eigenvalue weighted by Crippen LogP contribution is 2.32. The standard InChI is InChI=1S/C15H15NO4S/c17-15(18)14-9-12(16-20-14)11-3-1-2-4-13(11)19-10-5-7-21-8-6-10/h1-4,9-10H,5-8H2,(H,17,18). The minimum absolute atomic E-state index is 0.172. The number of carboxylic acids is 1. The van der Waals surface area contributed by atoms with Crippen LogP contribution in [0.25, 0.3) is 11.3 Å². The summed E-state index contributed by atoms with van der Waals surface area (Å²) in [6.07, 6.45) is 2.26. The van der Waals surface area contributed by atoms with E-state index in [2.05, 4.69) is 5.16 Å². The number of ether oxygens (including phenoxy) is 1. The number of nitrogens with zero attached hydrogens (tertiary/aromatic N) is 1. The Bertz CT molecular complexity index is 634. The van der Waals surface area contributed by atoms with Crippen LogP contribution in [0.15, 0.2) is 34.9 Å². The number of carboxylic acid groups (broad SMARTS) is 1. The van der Waals surface area contributed by atoms with Crippen molar-refractivity contribution in [2.24, 2.45) is 0 Å². The zero-order valence-corrected chi connectivity index (χ0v) is 12.1. The quantitative estimate of drug-likeness (QED) is 0.934. The lowest BCUT2D eigenvalue weighted by molar-refractivity contribution is 0.0652. The molecular weight excluding hydrogens is 290 g/mol. The minimum Gasteiger partial charge on any atom is -0.490 e. The van der Waals surface area contributed by atoms with Crippen LogP contribution in [0.5, 0.6) is 5.75 Å². The van der Waals surface area contributed by atoms with Crippen molar-refractivity contribution in [1.82, 2.24) is 5.16 Å². The van der Waals surface area contributed by atoms with Gasteiger partial charge in [0.25, 0.3) is 0 Å².